The first-order valence-corrected chi connectivity index (χ1v) is 6.37. The van der Waals surface area contributed by atoms with Crippen LogP contribution in [0, 0.1) is 12.3 Å². The lowest BCUT2D eigenvalue weighted by Crippen LogP contribution is -2.42. The summed E-state index contributed by atoms with van der Waals surface area (Å²) in [5.41, 5.74) is -1.35. The standard InChI is InChI=1S/C13H16N2O6/c1-2-3-14-12(19)8(6-16)5-15(13(14)20)11-4-9(18)10(7-17)21-11/h1,5,9-11,16-18H,3-4,6-7H2/t9-,10+,11+/m0/s1. The van der Waals surface area contributed by atoms with E-state index < -0.39 is 36.3 Å². The first kappa shape index (κ1) is 15.5. The summed E-state index contributed by atoms with van der Waals surface area (Å²) in [6, 6.07) is 0. The second kappa shape index (κ2) is 6.24. The van der Waals surface area contributed by atoms with Gasteiger partial charge in [-0.15, -0.1) is 6.42 Å². The van der Waals surface area contributed by atoms with E-state index >= 15 is 0 Å². The van der Waals surface area contributed by atoms with Crippen LogP contribution in [0.3, 0.4) is 0 Å². The SMILES string of the molecule is C#CCn1c(=O)c(CO)cn([C@H]2C[C@H](O)[C@@H](CO)O2)c1=O. The Labute approximate surface area is 119 Å². The molecule has 114 valence electrons. The number of hydrogen-bond acceptors (Lipinski definition) is 6. The smallest absolute Gasteiger partial charge is 0.333 e. The molecule has 0 unspecified atom stereocenters. The maximum absolute atomic E-state index is 12.3. The van der Waals surface area contributed by atoms with Crippen molar-refractivity contribution in [3.63, 3.8) is 0 Å². The van der Waals surface area contributed by atoms with Gasteiger partial charge in [0, 0.05) is 12.6 Å². The predicted octanol–water partition coefficient (Wildman–Crippen LogP) is -2.22. The Bertz CT molecular complexity index is 671. The molecule has 8 nitrogen and oxygen atoms in total. The van der Waals surface area contributed by atoms with Crippen molar-refractivity contribution in [2.75, 3.05) is 6.61 Å². The summed E-state index contributed by atoms with van der Waals surface area (Å²) in [4.78, 5) is 24.2. The zero-order valence-electron chi connectivity index (χ0n) is 11.2. The van der Waals surface area contributed by atoms with Crippen molar-refractivity contribution in [1.29, 1.82) is 0 Å². The van der Waals surface area contributed by atoms with E-state index in [0.717, 1.165) is 9.13 Å². The third-order valence-electron chi connectivity index (χ3n) is 3.38. The van der Waals surface area contributed by atoms with E-state index in [9.17, 15) is 19.8 Å². The van der Waals surface area contributed by atoms with Crippen LogP contribution in [0.4, 0.5) is 0 Å². The molecule has 1 saturated heterocycles. The van der Waals surface area contributed by atoms with Crippen LogP contribution in [0.1, 0.15) is 18.2 Å². The molecule has 3 N–H and O–H groups in total. The van der Waals surface area contributed by atoms with E-state index in [1.807, 2.05) is 0 Å². The lowest BCUT2D eigenvalue weighted by Gasteiger charge is -2.17. The fraction of sp³-hybridized carbons (Fsp3) is 0.538. The van der Waals surface area contributed by atoms with E-state index in [1.165, 1.54) is 6.20 Å². The highest BCUT2D eigenvalue weighted by Gasteiger charge is 2.35. The molecule has 1 aromatic rings. The summed E-state index contributed by atoms with van der Waals surface area (Å²) in [5.74, 6) is 2.20. The summed E-state index contributed by atoms with van der Waals surface area (Å²) in [6.07, 6.45) is 3.86. The molecule has 2 heterocycles. The van der Waals surface area contributed by atoms with Crippen LogP contribution >= 0.6 is 0 Å². The molecule has 1 aliphatic heterocycles. The summed E-state index contributed by atoms with van der Waals surface area (Å²) < 4.78 is 7.29. The van der Waals surface area contributed by atoms with Crippen LogP contribution in [0.2, 0.25) is 0 Å². The first-order valence-electron chi connectivity index (χ1n) is 6.37. The van der Waals surface area contributed by atoms with Gasteiger partial charge >= 0.3 is 5.69 Å². The number of aliphatic hydroxyl groups is 3. The highest BCUT2D eigenvalue weighted by atomic mass is 16.5. The highest BCUT2D eigenvalue weighted by molar-refractivity contribution is 5.06. The number of hydrogen-bond donors (Lipinski definition) is 3. The van der Waals surface area contributed by atoms with Crippen molar-refractivity contribution < 1.29 is 20.1 Å². The van der Waals surface area contributed by atoms with Gasteiger partial charge in [0.1, 0.15) is 12.3 Å². The number of nitrogens with zero attached hydrogens (tertiary/aromatic N) is 2. The van der Waals surface area contributed by atoms with Gasteiger partial charge in [0.05, 0.1) is 31.4 Å². The molecule has 1 aromatic heterocycles. The van der Waals surface area contributed by atoms with Gasteiger partial charge in [-0.3, -0.25) is 9.36 Å². The van der Waals surface area contributed by atoms with Gasteiger partial charge in [0.15, 0.2) is 0 Å². The Hall–Kier alpha value is -1.92. The Kier molecular flexibility index (Phi) is 4.59. The van der Waals surface area contributed by atoms with Gasteiger partial charge in [-0.05, 0) is 0 Å². The topological polar surface area (TPSA) is 114 Å². The molecule has 1 fully saturated rings. The van der Waals surface area contributed by atoms with Gasteiger partial charge in [-0.25, -0.2) is 9.36 Å². The van der Waals surface area contributed by atoms with Crippen LogP contribution < -0.4 is 11.2 Å². The van der Waals surface area contributed by atoms with Crippen LogP contribution in [0.15, 0.2) is 15.8 Å². The molecular formula is C13H16N2O6. The van der Waals surface area contributed by atoms with Crippen molar-refractivity contribution >= 4 is 0 Å². The number of terminal acetylenes is 1. The van der Waals surface area contributed by atoms with E-state index in [1.54, 1.807) is 0 Å². The summed E-state index contributed by atoms with van der Waals surface area (Å²) in [5, 5.41) is 28.0. The predicted molar refractivity (Wildman–Crippen MR) is 71.3 cm³/mol. The van der Waals surface area contributed by atoms with E-state index in [0.29, 0.717) is 0 Å². The molecule has 0 spiro atoms. The van der Waals surface area contributed by atoms with Crippen molar-refractivity contribution in [2.24, 2.45) is 0 Å². The third-order valence-corrected chi connectivity index (χ3v) is 3.38. The highest BCUT2D eigenvalue weighted by Crippen LogP contribution is 2.27. The van der Waals surface area contributed by atoms with Gasteiger partial charge in [0.2, 0.25) is 0 Å². The fourth-order valence-corrected chi connectivity index (χ4v) is 2.27. The molecule has 0 amide bonds. The lowest BCUT2D eigenvalue weighted by molar-refractivity contribution is -0.0464. The second-order valence-corrected chi connectivity index (χ2v) is 4.71. The van der Waals surface area contributed by atoms with Gasteiger partial charge in [-0.2, -0.15) is 0 Å². The Balaban J connectivity index is 2.50. The Morgan fingerprint density at radius 1 is 1.43 bits per heavy atom. The average Bonchev–Trinajstić information content (AvgIpc) is 2.84. The van der Waals surface area contributed by atoms with E-state index in [2.05, 4.69) is 5.92 Å². The molecule has 1 aliphatic rings. The van der Waals surface area contributed by atoms with Crippen molar-refractivity contribution in [1.82, 2.24) is 9.13 Å². The fourth-order valence-electron chi connectivity index (χ4n) is 2.27. The van der Waals surface area contributed by atoms with Crippen LogP contribution in [0.25, 0.3) is 0 Å². The van der Waals surface area contributed by atoms with Gasteiger partial charge < -0.3 is 20.1 Å². The molecule has 0 saturated carbocycles. The Morgan fingerprint density at radius 2 is 2.14 bits per heavy atom. The largest absolute Gasteiger partial charge is 0.394 e. The van der Waals surface area contributed by atoms with Crippen LogP contribution in [0.5, 0.6) is 0 Å². The zero-order valence-corrected chi connectivity index (χ0v) is 11.2. The van der Waals surface area contributed by atoms with E-state index in [-0.39, 0.29) is 25.1 Å². The number of rotatable bonds is 4. The second-order valence-electron chi connectivity index (χ2n) is 4.71. The number of ether oxygens (including phenoxy) is 1. The molecule has 21 heavy (non-hydrogen) atoms. The number of aliphatic hydroxyl groups excluding tert-OH is 3. The quantitative estimate of drug-likeness (QED) is 0.542. The molecule has 8 heteroatoms. The molecule has 0 radical (unpaired) electrons. The summed E-state index contributed by atoms with van der Waals surface area (Å²) in [7, 11) is 0. The number of aromatic nitrogens is 2. The van der Waals surface area contributed by atoms with E-state index in [4.69, 9.17) is 16.3 Å². The lowest BCUT2D eigenvalue weighted by atomic mass is 10.2. The third kappa shape index (κ3) is 2.77. The average molecular weight is 296 g/mol. The Morgan fingerprint density at radius 3 is 2.67 bits per heavy atom. The maximum atomic E-state index is 12.3. The van der Waals surface area contributed by atoms with Gasteiger partial charge in [-0.1, -0.05) is 5.92 Å². The molecule has 0 aromatic carbocycles. The van der Waals surface area contributed by atoms with Crippen molar-refractivity contribution in [3.05, 3.63) is 32.6 Å². The van der Waals surface area contributed by atoms with Crippen LogP contribution in [-0.2, 0) is 17.9 Å². The minimum Gasteiger partial charge on any atom is -0.394 e. The normalized spacial score (nSPS) is 25.0. The molecule has 3 atom stereocenters. The summed E-state index contributed by atoms with van der Waals surface area (Å²) in [6.45, 7) is -1.17. The van der Waals surface area contributed by atoms with Crippen LogP contribution in [-0.4, -0.2) is 43.3 Å². The van der Waals surface area contributed by atoms with Crippen molar-refractivity contribution in [3.8, 4) is 12.3 Å². The first-order chi connectivity index (χ1) is 10.0. The molecule has 0 bridgehead atoms. The monoisotopic (exact) mass is 296 g/mol. The zero-order chi connectivity index (χ0) is 15.6. The van der Waals surface area contributed by atoms with Crippen molar-refractivity contribution in [2.45, 2.75) is 38.0 Å². The molecule has 0 aliphatic carbocycles. The molecule has 2 rings (SSSR count). The minimum atomic E-state index is -0.919. The maximum Gasteiger partial charge on any atom is 0.333 e. The minimum absolute atomic E-state index is 0.00427. The molecular weight excluding hydrogens is 280 g/mol. The van der Waals surface area contributed by atoms with Gasteiger partial charge in [0.25, 0.3) is 5.56 Å². The summed E-state index contributed by atoms with van der Waals surface area (Å²) >= 11 is 0.